The number of Topliss-reactive ketones (excluding diaryl/α,β-unsaturated/α-hetero) is 1. The summed E-state index contributed by atoms with van der Waals surface area (Å²) in [5.41, 5.74) is 0. The first-order chi connectivity index (χ1) is 9.54. The Bertz CT molecular complexity index is 357. The average molecular weight is 284 g/mol. The number of carbonyl (C=O) groups is 3. The fourth-order valence-electron chi connectivity index (χ4n) is 2.20. The first-order valence-electron chi connectivity index (χ1n) is 7.08. The van der Waals surface area contributed by atoms with Gasteiger partial charge in [0.25, 0.3) is 0 Å². The molecule has 114 valence electrons. The lowest BCUT2D eigenvalue weighted by atomic mass is 10.2. The first-order valence-corrected chi connectivity index (χ1v) is 7.08. The summed E-state index contributed by atoms with van der Waals surface area (Å²) in [7, 11) is 1.57. The Morgan fingerprint density at radius 1 is 0.900 bits per heavy atom. The number of hydrogen-bond acceptors (Lipinski definition) is 4. The molecule has 0 radical (unpaired) electrons. The molecule has 1 rings (SSSR count). The SMILES string of the molecule is COCCC(=O)N1CCCN(C(=O)CCC(C)=O)CC1. The van der Waals surface area contributed by atoms with Crippen molar-refractivity contribution in [3.8, 4) is 0 Å². The van der Waals surface area contributed by atoms with Gasteiger partial charge in [0.15, 0.2) is 0 Å². The standard InChI is InChI=1S/C14H24N2O4/c1-12(17)4-5-13(18)15-7-3-8-16(10-9-15)14(19)6-11-20-2/h3-11H2,1-2H3. The Hall–Kier alpha value is -1.43. The summed E-state index contributed by atoms with van der Waals surface area (Å²) in [4.78, 5) is 38.3. The molecule has 0 aromatic heterocycles. The second-order valence-electron chi connectivity index (χ2n) is 5.06. The summed E-state index contributed by atoms with van der Waals surface area (Å²) >= 11 is 0. The van der Waals surface area contributed by atoms with Gasteiger partial charge in [-0.15, -0.1) is 0 Å². The van der Waals surface area contributed by atoms with E-state index in [-0.39, 0.29) is 24.0 Å². The molecule has 0 aromatic carbocycles. The topological polar surface area (TPSA) is 66.9 Å². The molecule has 0 N–H and O–H groups in total. The van der Waals surface area contributed by atoms with E-state index in [2.05, 4.69) is 0 Å². The maximum absolute atomic E-state index is 12.0. The second kappa shape index (κ2) is 8.68. The van der Waals surface area contributed by atoms with E-state index in [1.165, 1.54) is 6.92 Å². The highest BCUT2D eigenvalue weighted by molar-refractivity contribution is 5.83. The first kappa shape index (κ1) is 16.6. The van der Waals surface area contributed by atoms with Crippen LogP contribution in [0.4, 0.5) is 0 Å². The fourth-order valence-corrected chi connectivity index (χ4v) is 2.20. The van der Waals surface area contributed by atoms with Gasteiger partial charge in [-0.05, 0) is 13.3 Å². The zero-order valence-electron chi connectivity index (χ0n) is 12.4. The van der Waals surface area contributed by atoms with Gasteiger partial charge >= 0.3 is 0 Å². The predicted octanol–water partition coefficient (Wildman–Crippen LogP) is 0.453. The molecule has 6 heteroatoms. The van der Waals surface area contributed by atoms with Gasteiger partial charge in [0, 0.05) is 46.1 Å². The molecule has 0 bridgehead atoms. The van der Waals surface area contributed by atoms with Crippen LogP contribution in [0.3, 0.4) is 0 Å². The lowest BCUT2D eigenvalue weighted by Gasteiger charge is -2.22. The third-order valence-electron chi connectivity index (χ3n) is 3.41. The molecular formula is C14H24N2O4. The minimum Gasteiger partial charge on any atom is -0.384 e. The number of hydrogen-bond donors (Lipinski definition) is 0. The van der Waals surface area contributed by atoms with Crippen molar-refractivity contribution in [2.45, 2.75) is 32.6 Å². The van der Waals surface area contributed by atoms with E-state index in [1.54, 1.807) is 16.9 Å². The molecule has 0 unspecified atom stereocenters. The lowest BCUT2D eigenvalue weighted by molar-refractivity contribution is -0.134. The van der Waals surface area contributed by atoms with Gasteiger partial charge in [-0.2, -0.15) is 0 Å². The highest BCUT2D eigenvalue weighted by atomic mass is 16.5. The van der Waals surface area contributed by atoms with Crippen LogP contribution in [0.15, 0.2) is 0 Å². The van der Waals surface area contributed by atoms with Crippen molar-refractivity contribution < 1.29 is 19.1 Å². The van der Waals surface area contributed by atoms with Crippen molar-refractivity contribution >= 4 is 17.6 Å². The summed E-state index contributed by atoms with van der Waals surface area (Å²) in [5.74, 6) is 0.112. The zero-order chi connectivity index (χ0) is 15.0. The summed E-state index contributed by atoms with van der Waals surface area (Å²) < 4.78 is 4.90. The van der Waals surface area contributed by atoms with Gasteiger partial charge in [-0.3, -0.25) is 9.59 Å². The third kappa shape index (κ3) is 5.69. The Morgan fingerprint density at radius 3 is 1.95 bits per heavy atom. The summed E-state index contributed by atoms with van der Waals surface area (Å²) in [6.45, 7) is 4.37. The minimum absolute atomic E-state index is 0.00592. The van der Waals surface area contributed by atoms with Crippen LogP contribution in [0, 0.1) is 0 Å². The van der Waals surface area contributed by atoms with Crippen LogP contribution in [0.25, 0.3) is 0 Å². The molecule has 1 saturated heterocycles. The number of carbonyl (C=O) groups excluding carboxylic acids is 3. The van der Waals surface area contributed by atoms with E-state index in [4.69, 9.17) is 4.74 Å². The fraction of sp³-hybridized carbons (Fsp3) is 0.786. The molecule has 0 spiro atoms. The van der Waals surface area contributed by atoms with Crippen molar-refractivity contribution in [3.05, 3.63) is 0 Å². The average Bonchev–Trinajstić information content (AvgIpc) is 2.68. The summed E-state index contributed by atoms with van der Waals surface area (Å²) in [6.07, 6.45) is 1.73. The van der Waals surface area contributed by atoms with Crippen LogP contribution in [0.2, 0.25) is 0 Å². The normalized spacial score (nSPS) is 15.9. The molecule has 1 heterocycles. The molecule has 1 fully saturated rings. The van der Waals surface area contributed by atoms with Crippen molar-refractivity contribution in [1.29, 1.82) is 0 Å². The van der Waals surface area contributed by atoms with E-state index < -0.39 is 0 Å². The Balaban J connectivity index is 2.40. The number of amides is 2. The molecule has 1 aliphatic heterocycles. The third-order valence-corrected chi connectivity index (χ3v) is 3.41. The highest BCUT2D eigenvalue weighted by Gasteiger charge is 2.21. The van der Waals surface area contributed by atoms with Crippen LogP contribution in [-0.4, -0.2) is 67.3 Å². The quantitative estimate of drug-likeness (QED) is 0.710. The van der Waals surface area contributed by atoms with Gasteiger partial charge < -0.3 is 19.3 Å². The molecule has 0 saturated carbocycles. The smallest absolute Gasteiger partial charge is 0.224 e. The van der Waals surface area contributed by atoms with Crippen LogP contribution >= 0.6 is 0 Å². The predicted molar refractivity (Wildman–Crippen MR) is 74.2 cm³/mol. The van der Waals surface area contributed by atoms with Gasteiger partial charge in [0.05, 0.1) is 13.0 Å². The molecule has 6 nitrogen and oxygen atoms in total. The second-order valence-corrected chi connectivity index (χ2v) is 5.06. The Morgan fingerprint density at radius 2 is 1.45 bits per heavy atom. The van der Waals surface area contributed by atoms with Crippen molar-refractivity contribution in [1.82, 2.24) is 9.80 Å². The molecule has 1 aliphatic rings. The molecule has 20 heavy (non-hydrogen) atoms. The zero-order valence-corrected chi connectivity index (χ0v) is 12.4. The number of rotatable bonds is 6. The number of methoxy groups -OCH3 is 1. The molecule has 0 aromatic rings. The van der Waals surface area contributed by atoms with E-state index in [0.29, 0.717) is 45.6 Å². The number of ether oxygens (including phenoxy) is 1. The molecule has 2 amide bonds. The molecule has 0 aliphatic carbocycles. The highest BCUT2D eigenvalue weighted by Crippen LogP contribution is 2.07. The van der Waals surface area contributed by atoms with Crippen molar-refractivity contribution in [2.24, 2.45) is 0 Å². The molecular weight excluding hydrogens is 260 g/mol. The van der Waals surface area contributed by atoms with Gasteiger partial charge in [-0.25, -0.2) is 0 Å². The van der Waals surface area contributed by atoms with Crippen molar-refractivity contribution in [2.75, 3.05) is 39.9 Å². The monoisotopic (exact) mass is 284 g/mol. The largest absolute Gasteiger partial charge is 0.384 e. The van der Waals surface area contributed by atoms with E-state index in [1.807, 2.05) is 0 Å². The van der Waals surface area contributed by atoms with E-state index in [0.717, 1.165) is 6.42 Å². The van der Waals surface area contributed by atoms with Crippen molar-refractivity contribution in [3.63, 3.8) is 0 Å². The van der Waals surface area contributed by atoms with Crippen LogP contribution in [-0.2, 0) is 19.1 Å². The van der Waals surface area contributed by atoms with Crippen LogP contribution < -0.4 is 0 Å². The number of nitrogens with zero attached hydrogens (tertiary/aromatic N) is 2. The molecule has 0 atom stereocenters. The summed E-state index contributed by atoms with van der Waals surface area (Å²) in [5, 5.41) is 0. The van der Waals surface area contributed by atoms with E-state index in [9.17, 15) is 14.4 Å². The van der Waals surface area contributed by atoms with Gasteiger partial charge in [0.1, 0.15) is 5.78 Å². The van der Waals surface area contributed by atoms with Crippen LogP contribution in [0.5, 0.6) is 0 Å². The lowest BCUT2D eigenvalue weighted by Crippen LogP contribution is -2.37. The Kier molecular flexibility index (Phi) is 7.22. The Labute approximate surface area is 120 Å². The minimum atomic E-state index is 0.00592. The van der Waals surface area contributed by atoms with E-state index >= 15 is 0 Å². The summed E-state index contributed by atoms with van der Waals surface area (Å²) in [6, 6.07) is 0. The maximum atomic E-state index is 12.0. The number of ketones is 1. The van der Waals surface area contributed by atoms with Gasteiger partial charge in [0.2, 0.25) is 11.8 Å². The van der Waals surface area contributed by atoms with Gasteiger partial charge in [-0.1, -0.05) is 0 Å². The maximum Gasteiger partial charge on any atom is 0.224 e. The van der Waals surface area contributed by atoms with Crippen LogP contribution in [0.1, 0.15) is 32.6 Å².